The number of likely N-dealkylation sites (tertiary alicyclic amines) is 1. The molecule has 1 amide bonds. The first-order chi connectivity index (χ1) is 13.2. The summed E-state index contributed by atoms with van der Waals surface area (Å²) in [5.74, 6) is -0.375. The molecule has 2 aliphatic heterocycles. The summed E-state index contributed by atoms with van der Waals surface area (Å²) < 4.78 is 10.4. The number of methoxy groups -OCH3 is 1. The molecule has 1 aromatic rings. The van der Waals surface area contributed by atoms with E-state index in [0.29, 0.717) is 0 Å². The molecule has 0 aromatic heterocycles. The lowest BCUT2D eigenvalue weighted by Gasteiger charge is -2.36. The molecule has 6 nitrogen and oxygen atoms in total. The molecule has 0 saturated carbocycles. The van der Waals surface area contributed by atoms with Gasteiger partial charge in [0.2, 0.25) is 0 Å². The van der Waals surface area contributed by atoms with Crippen LogP contribution in [0.3, 0.4) is 0 Å². The molecule has 1 unspecified atom stereocenters. The molecule has 2 heterocycles. The van der Waals surface area contributed by atoms with Crippen LogP contribution in [0.5, 0.6) is 0 Å². The van der Waals surface area contributed by atoms with Crippen molar-refractivity contribution in [1.29, 1.82) is 0 Å². The molecule has 3 rings (SSSR count). The number of amides is 1. The highest BCUT2D eigenvalue weighted by atomic mass is 16.6. The lowest BCUT2D eigenvalue weighted by molar-refractivity contribution is -0.134. The molecule has 1 spiro atoms. The first kappa shape index (κ1) is 20.2. The van der Waals surface area contributed by atoms with E-state index in [2.05, 4.69) is 11.0 Å². The van der Waals surface area contributed by atoms with Gasteiger partial charge in [-0.3, -0.25) is 0 Å². The smallest absolute Gasteiger partial charge is 0.410 e. The van der Waals surface area contributed by atoms with Crippen molar-refractivity contribution in [3.63, 3.8) is 0 Å². The summed E-state index contributed by atoms with van der Waals surface area (Å²) in [5, 5.41) is 0. The third-order valence-electron chi connectivity index (χ3n) is 5.42. The second-order valence-corrected chi connectivity index (χ2v) is 8.55. The van der Waals surface area contributed by atoms with E-state index in [1.807, 2.05) is 43.9 Å². The van der Waals surface area contributed by atoms with Crippen molar-refractivity contribution in [2.45, 2.75) is 51.2 Å². The van der Waals surface area contributed by atoms with E-state index in [1.54, 1.807) is 6.08 Å². The molecule has 0 radical (unpaired) electrons. The van der Waals surface area contributed by atoms with Crippen LogP contribution < -0.4 is 4.90 Å². The highest BCUT2D eigenvalue weighted by Crippen LogP contribution is 2.41. The Bertz CT molecular complexity index is 768. The number of rotatable bonds is 3. The van der Waals surface area contributed by atoms with E-state index < -0.39 is 5.60 Å². The van der Waals surface area contributed by atoms with E-state index in [-0.39, 0.29) is 17.6 Å². The van der Waals surface area contributed by atoms with Gasteiger partial charge in [0, 0.05) is 31.4 Å². The van der Waals surface area contributed by atoms with Gasteiger partial charge in [-0.25, -0.2) is 9.59 Å². The molecule has 0 N–H and O–H groups in total. The number of carbonyl (C=O) groups excluding carboxylic acids is 2. The van der Waals surface area contributed by atoms with Gasteiger partial charge >= 0.3 is 12.1 Å². The SMILES string of the molecule is COC(=O)/C=C/c1ccccc1N1CCC2(CCCN2C(=O)OC(C)(C)C)C1. The van der Waals surface area contributed by atoms with Crippen molar-refractivity contribution in [2.75, 3.05) is 31.6 Å². The van der Waals surface area contributed by atoms with Crippen molar-refractivity contribution in [3.05, 3.63) is 35.9 Å². The number of carbonyl (C=O) groups is 2. The van der Waals surface area contributed by atoms with Gasteiger partial charge in [-0.15, -0.1) is 0 Å². The maximum atomic E-state index is 12.8. The molecule has 1 atom stereocenters. The minimum atomic E-state index is -0.496. The zero-order valence-electron chi connectivity index (χ0n) is 17.2. The van der Waals surface area contributed by atoms with Gasteiger partial charge in [-0.05, 0) is 57.7 Å². The number of hydrogen-bond donors (Lipinski definition) is 0. The zero-order chi connectivity index (χ0) is 20.4. The Balaban J connectivity index is 1.79. The second kappa shape index (κ2) is 7.86. The number of anilines is 1. The second-order valence-electron chi connectivity index (χ2n) is 8.55. The average molecular weight is 386 g/mol. The number of benzene rings is 1. The number of para-hydroxylation sites is 1. The van der Waals surface area contributed by atoms with Crippen molar-refractivity contribution in [2.24, 2.45) is 0 Å². The molecule has 2 aliphatic rings. The van der Waals surface area contributed by atoms with Gasteiger partial charge in [0.1, 0.15) is 5.60 Å². The molecule has 1 aromatic carbocycles. The van der Waals surface area contributed by atoms with E-state index in [4.69, 9.17) is 9.47 Å². The standard InChI is InChI=1S/C22H30N2O4/c1-21(2,3)28-20(26)24-14-7-12-22(24)13-15-23(16-22)18-9-6-5-8-17(18)10-11-19(25)27-4/h5-6,8-11H,7,12-16H2,1-4H3/b11-10+. The molecule has 152 valence electrons. The number of esters is 1. The van der Waals surface area contributed by atoms with Crippen molar-refractivity contribution in [3.8, 4) is 0 Å². The van der Waals surface area contributed by atoms with Gasteiger partial charge in [0.05, 0.1) is 12.6 Å². The van der Waals surface area contributed by atoms with Crippen LogP contribution in [0.25, 0.3) is 6.08 Å². The van der Waals surface area contributed by atoms with Gasteiger partial charge in [0.25, 0.3) is 0 Å². The fourth-order valence-corrected chi connectivity index (χ4v) is 4.17. The summed E-state index contributed by atoms with van der Waals surface area (Å²) in [4.78, 5) is 28.5. The quantitative estimate of drug-likeness (QED) is 0.583. The van der Waals surface area contributed by atoms with E-state index in [0.717, 1.165) is 50.1 Å². The highest BCUT2D eigenvalue weighted by Gasteiger charge is 2.49. The number of hydrogen-bond acceptors (Lipinski definition) is 5. The normalized spacial score (nSPS) is 22.3. The van der Waals surface area contributed by atoms with E-state index in [1.165, 1.54) is 13.2 Å². The molecule has 28 heavy (non-hydrogen) atoms. The van der Waals surface area contributed by atoms with Crippen LogP contribution in [0.1, 0.15) is 45.6 Å². The summed E-state index contributed by atoms with van der Waals surface area (Å²) in [6.07, 6.45) is 5.91. The first-order valence-electron chi connectivity index (χ1n) is 9.85. The van der Waals surface area contributed by atoms with Crippen LogP contribution in [-0.4, -0.2) is 54.8 Å². The third kappa shape index (κ3) is 4.32. The summed E-state index contributed by atoms with van der Waals surface area (Å²) in [6, 6.07) is 7.99. The van der Waals surface area contributed by atoms with Gasteiger partial charge in [-0.1, -0.05) is 18.2 Å². The molecule has 6 heteroatoms. The summed E-state index contributed by atoms with van der Waals surface area (Å²) >= 11 is 0. The Morgan fingerprint density at radius 1 is 1.14 bits per heavy atom. The van der Waals surface area contributed by atoms with Crippen LogP contribution in [0.4, 0.5) is 10.5 Å². The van der Waals surface area contributed by atoms with Gasteiger partial charge < -0.3 is 19.3 Å². The highest BCUT2D eigenvalue weighted by molar-refractivity contribution is 5.88. The van der Waals surface area contributed by atoms with Crippen LogP contribution in [0.2, 0.25) is 0 Å². The fourth-order valence-electron chi connectivity index (χ4n) is 4.17. The number of nitrogens with zero attached hydrogens (tertiary/aromatic N) is 2. The third-order valence-corrected chi connectivity index (χ3v) is 5.42. The summed E-state index contributed by atoms with van der Waals surface area (Å²) in [5.41, 5.74) is 1.36. The summed E-state index contributed by atoms with van der Waals surface area (Å²) in [7, 11) is 1.37. The Kier molecular flexibility index (Phi) is 5.68. The van der Waals surface area contributed by atoms with Crippen LogP contribution in [0, 0.1) is 0 Å². The first-order valence-corrected chi connectivity index (χ1v) is 9.85. The van der Waals surface area contributed by atoms with Crippen LogP contribution in [0.15, 0.2) is 30.3 Å². The molecule has 0 aliphatic carbocycles. The maximum Gasteiger partial charge on any atom is 0.410 e. The van der Waals surface area contributed by atoms with E-state index >= 15 is 0 Å². The lowest BCUT2D eigenvalue weighted by Crippen LogP contribution is -2.50. The van der Waals surface area contributed by atoms with Gasteiger partial charge in [-0.2, -0.15) is 0 Å². The van der Waals surface area contributed by atoms with Crippen molar-refractivity contribution >= 4 is 23.8 Å². The lowest BCUT2D eigenvalue weighted by atomic mass is 9.95. The van der Waals surface area contributed by atoms with Crippen molar-refractivity contribution in [1.82, 2.24) is 4.90 Å². The zero-order valence-corrected chi connectivity index (χ0v) is 17.2. The Hall–Kier alpha value is -2.50. The maximum absolute atomic E-state index is 12.8. The number of ether oxygens (including phenoxy) is 2. The van der Waals surface area contributed by atoms with Crippen molar-refractivity contribution < 1.29 is 19.1 Å². The fraction of sp³-hybridized carbons (Fsp3) is 0.545. The van der Waals surface area contributed by atoms with E-state index in [9.17, 15) is 9.59 Å². The Morgan fingerprint density at radius 2 is 1.89 bits per heavy atom. The predicted octanol–water partition coefficient (Wildman–Crippen LogP) is 3.85. The van der Waals surface area contributed by atoms with Crippen LogP contribution in [-0.2, 0) is 14.3 Å². The molecule has 0 bridgehead atoms. The average Bonchev–Trinajstić information content (AvgIpc) is 3.26. The molecule has 2 saturated heterocycles. The largest absolute Gasteiger partial charge is 0.466 e. The monoisotopic (exact) mass is 386 g/mol. The Labute approximate surface area is 167 Å². The van der Waals surface area contributed by atoms with Crippen LogP contribution >= 0.6 is 0 Å². The topological polar surface area (TPSA) is 59.1 Å². The summed E-state index contributed by atoms with van der Waals surface area (Å²) in [6.45, 7) is 8.08. The molecular weight excluding hydrogens is 356 g/mol. The molecular formula is C22H30N2O4. The Morgan fingerprint density at radius 3 is 2.61 bits per heavy atom. The minimum Gasteiger partial charge on any atom is -0.466 e. The predicted molar refractivity (Wildman–Crippen MR) is 109 cm³/mol. The van der Waals surface area contributed by atoms with Gasteiger partial charge in [0.15, 0.2) is 0 Å². The minimum absolute atomic E-state index is 0.179. The molecule has 2 fully saturated rings.